The molecule has 1 heterocycles. The summed E-state index contributed by atoms with van der Waals surface area (Å²) in [6.07, 6.45) is -4.25. The molecule has 6 N–H and O–H groups in total. The number of carbonyl (C=O) groups excluding carboxylic acids is 4. The third kappa shape index (κ3) is 26.1. The Morgan fingerprint density at radius 2 is 1.27 bits per heavy atom. The molecule has 0 unspecified atom stereocenters. The van der Waals surface area contributed by atoms with Gasteiger partial charge in [0.1, 0.15) is 5.75 Å². The Balaban J connectivity index is 0. The largest absolute Gasteiger partial charge is 0.573 e. The zero-order chi connectivity index (χ0) is 46.1. The van der Waals surface area contributed by atoms with E-state index in [9.17, 15) is 45.5 Å². The van der Waals surface area contributed by atoms with Crippen molar-refractivity contribution in [3.05, 3.63) is 107 Å². The molecule has 0 bridgehead atoms. The minimum absolute atomic E-state index is 0.116. The van der Waals surface area contributed by atoms with Gasteiger partial charge in [-0.1, -0.05) is 44.5 Å². The molecular formula is C41H56F6N6O7. The summed E-state index contributed by atoms with van der Waals surface area (Å²) in [5.74, 6) is -1.10. The van der Waals surface area contributed by atoms with E-state index in [1.807, 2.05) is 12.1 Å². The van der Waals surface area contributed by atoms with Crippen molar-refractivity contribution < 1.29 is 59.7 Å². The van der Waals surface area contributed by atoms with Gasteiger partial charge >= 0.3 is 24.5 Å². The zero-order valence-electron chi connectivity index (χ0n) is 34.8. The van der Waals surface area contributed by atoms with Gasteiger partial charge < -0.3 is 36.3 Å². The molecule has 0 aliphatic carbocycles. The Morgan fingerprint density at radius 1 is 0.767 bits per heavy atom. The van der Waals surface area contributed by atoms with Crippen molar-refractivity contribution in [3.63, 3.8) is 0 Å². The molecule has 0 saturated heterocycles. The monoisotopic (exact) mass is 858 g/mol. The SMILES string of the molecule is CCC.CCOC(=O)CCNC(=O)c1ccc(CCc2ccc(OC(F)(F)F)cc2)cc1.CCOC(C)=O.CN.CN.O=CNc1ccc(-n2cc(C(F)(F)F)cn2)cc1. The summed E-state index contributed by atoms with van der Waals surface area (Å²) in [7, 11) is 3.00. The number of ether oxygens (including phenoxy) is 3. The number of alkyl halides is 6. The fourth-order valence-electron chi connectivity index (χ4n) is 4.17. The molecule has 0 aliphatic rings. The van der Waals surface area contributed by atoms with Gasteiger partial charge in [0, 0.05) is 30.9 Å². The minimum atomic E-state index is -4.70. The van der Waals surface area contributed by atoms with Crippen LogP contribution in [0.3, 0.4) is 0 Å². The lowest BCUT2D eigenvalue weighted by atomic mass is 10.0. The number of nitrogens with two attached hydrogens (primary N) is 2. The van der Waals surface area contributed by atoms with Gasteiger partial charge in [0.05, 0.1) is 37.1 Å². The highest BCUT2D eigenvalue weighted by atomic mass is 19.4. The van der Waals surface area contributed by atoms with Gasteiger partial charge in [-0.25, -0.2) is 4.68 Å². The van der Waals surface area contributed by atoms with Crippen molar-refractivity contribution in [2.45, 2.75) is 72.8 Å². The van der Waals surface area contributed by atoms with E-state index in [4.69, 9.17) is 4.74 Å². The van der Waals surface area contributed by atoms with E-state index in [2.05, 4.69) is 50.5 Å². The Kier molecular flexibility index (Phi) is 29.9. The van der Waals surface area contributed by atoms with Crippen molar-refractivity contribution >= 4 is 29.9 Å². The topological polar surface area (TPSA) is 190 Å². The molecule has 19 heteroatoms. The molecule has 13 nitrogen and oxygen atoms in total. The molecule has 4 aromatic rings. The van der Waals surface area contributed by atoms with Crippen LogP contribution in [0.5, 0.6) is 5.75 Å². The molecule has 0 radical (unpaired) electrons. The van der Waals surface area contributed by atoms with Crippen LogP contribution in [0.4, 0.5) is 32.0 Å². The molecule has 60 heavy (non-hydrogen) atoms. The predicted octanol–water partition coefficient (Wildman–Crippen LogP) is 7.65. The highest BCUT2D eigenvalue weighted by Crippen LogP contribution is 2.29. The normalized spacial score (nSPS) is 9.98. The van der Waals surface area contributed by atoms with E-state index in [-0.39, 0.29) is 36.6 Å². The van der Waals surface area contributed by atoms with Gasteiger partial charge in [-0.3, -0.25) is 19.2 Å². The molecule has 3 aromatic carbocycles. The summed E-state index contributed by atoms with van der Waals surface area (Å²) < 4.78 is 87.8. The summed E-state index contributed by atoms with van der Waals surface area (Å²) >= 11 is 0. The number of nitrogens with one attached hydrogen (secondary N) is 2. The summed E-state index contributed by atoms with van der Waals surface area (Å²) in [5, 5.41) is 8.72. The molecule has 2 amide bonds. The third-order valence-electron chi connectivity index (χ3n) is 6.61. The number of hydrogen-bond donors (Lipinski definition) is 4. The number of carbonyl (C=O) groups is 4. The van der Waals surface area contributed by atoms with Crippen LogP contribution in [-0.2, 0) is 42.9 Å². The fourth-order valence-corrected chi connectivity index (χ4v) is 4.17. The van der Waals surface area contributed by atoms with Crippen LogP contribution >= 0.6 is 0 Å². The van der Waals surface area contributed by atoms with Crippen molar-refractivity contribution in [2.75, 3.05) is 39.2 Å². The highest BCUT2D eigenvalue weighted by molar-refractivity contribution is 5.94. The van der Waals surface area contributed by atoms with E-state index in [1.54, 1.807) is 62.4 Å². The van der Waals surface area contributed by atoms with Gasteiger partial charge in [-0.15, -0.1) is 13.2 Å². The van der Waals surface area contributed by atoms with Gasteiger partial charge in [0.2, 0.25) is 6.41 Å². The van der Waals surface area contributed by atoms with Gasteiger partial charge in [0.15, 0.2) is 0 Å². The van der Waals surface area contributed by atoms with Crippen LogP contribution in [0.15, 0.2) is 85.2 Å². The lowest BCUT2D eigenvalue weighted by molar-refractivity contribution is -0.274. The van der Waals surface area contributed by atoms with Crippen molar-refractivity contribution in [2.24, 2.45) is 11.5 Å². The number of rotatable bonds is 13. The molecule has 4 rings (SSSR count). The smallest absolute Gasteiger partial charge is 0.466 e. The standard InChI is InChI=1S/C21H22F3NO4.C11H8F3N3O.C4H8O2.C3H8.2CH5N/c1-2-28-19(26)13-14-25-20(27)17-9-5-15(6-10-17)3-4-16-7-11-18(12-8-16)29-21(22,23)24;12-11(13,14)8-5-16-17(6-8)10-3-1-9(2-4-10)15-7-18;1-3-6-4(2)5;1-3-2;2*1-2/h5-12H,2-4,13-14H2,1H3,(H,25,27);1-7H,(H,15,18);3H2,1-2H3;3H2,1-2H3;2*2H2,1H3. The van der Waals surface area contributed by atoms with E-state index in [1.165, 1.54) is 39.6 Å². The van der Waals surface area contributed by atoms with Crippen LogP contribution in [0.25, 0.3) is 5.69 Å². The number of amides is 2. The molecule has 0 saturated carbocycles. The minimum Gasteiger partial charge on any atom is -0.466 e. The molecule has 0 fully saturated rings. The first-order valence-corrected chi connectivity index (χ1v) is 18.5. The summed E-state index contributed by atoms with van der Waals surface area (Å²) in [6, 6.07) is 19.0. The second kappa shape index (κ2) is 32.0. The first kappa shape index (κ1) is 56.1. The first-order chi connectivity index (χ1) is 28.5. The summed E-state index contributed by atoms with van der Waals surface area (Å²) in [4.78, 5) is 43.3. The van der Waals surface area contributed by atoms with Crippen molar-refractivity contribution in [3.8, 4) is 11.4 Å². The molecule has 334 valence electrons. The number of esters is 2. The Bertz CT molecular complexity index is 1750. The fraction of sp³-hybridized carbons (Fsp3) is 0.390. The Hall–Kier alpha value is -5.95. The average molecular weight is 859 g/mol. The molecular weight excluding hydrogens is 802 g/mol. The number of aryl methyl sites for hydroxylation is 2. The Labute approximate surface area is 346 Å². The number of halogens is 6. The number of benzene rings is 3. The molecule has 0 aliphatic heterocycles. The van der Waals surface area contributed by atoms with Crippen LogP contribution < -0.4 is 26.8 Å². The van der Waals surface area contributed by atoms with E-state index < -0.39 is 18.1 Å². The summed E-state index contributed by atoms with van der Waals surface area (Å²) in [5.41, 5.74) is 11.6. The van der Waals surface area contributed by atoms with Crippen LogP contribution in [0.1, 0.15) is 74.5 Å². The Morgan fingerprint density at radius 3 is 1.67 bits per heavy atom. The van der Waals surface area contributed by atoms with Crippen LogP contribution in [0, 0.1) is 0 Å². The molecule has 0 atom stereocenters. The van der Waals surface area contributed by atoms with Crippen molar-refractivity contribution in [1.82, 2.24) is 15.1 Å². The second-order valence-corrected chi connectivity index (χ2v) is 11.3. The van der Waals surface area contributed by atoms with Gasteiger partial charge in [-0.05, 0) is 100 Å². The number of aromatic nitrogens is 2. The maximum atomic E-state index is 12.4. The number of nitrogens with zero attached hydrogens (tertiary/aromatic N) is 2. The number of anilines is 1. The predicted molar refractivity (Wildman–Crippen MR) is 217 cm³/mol. The molecule has 0 spiro atoms. The zero-order valence-corrected chi connectivity index (χ0v) is 34.8. The third-order valence-corrected chi connectivity index (χ3v) is 6.61. The van der Waals surface area contributed by atoms with E-state index in [0.29, 0.717) is 49.4 Å². The second-order valence-electron chi connectivity index (χ2n) is 11.3. The lowest BCUT2D eigenvalue weighted by Gasteiger charge is -2.09. The summed E-state index contributed by atoms with van der Waals surface area (Å²) in [6.45, 7) is 10.1. The first-order valence-electron chi connectivity index (χ1n) is 18.5. The lowest BCUT2D eigenvalue weighted by Crippen LogP contribution is -2.26. The maximum Gasteiger partial charge on any atom is 0.573 e. The van der Waals surface area contributed by atoms with Crippen LogP contribution in [-0.4, -0.2) is 74.3 Å². The highest BCUT2D eigenvalue weighted by Gasteiger charge is 2.32. The van der Waals surface area contributed by atoms with E-state index in [0.717, 1.165) is 28.2 Å². The van der Waals surface area contributed by atoms with Crippen LogP contribution in [0.2, 0.25) is 0 Å². The van der Waals surface area contributed by atoms with Crippen molar-refractivity contribution in [1.29, 1.82) is 0 Å². The average Bonchev–Trinajstić information content (AvgIpc) is 3.72. The molecule has 1 aromatic heterocycles. The van der Waals surface area contributed by atoms with E-state index >= 15 is 0 Å². The quantitative estimate of drug-likeness (QED) is 0.0591. The maximum absolute atomic E-state index is 12.4. The number of hydrogen-bond acceptors (Lipinski definition) is 10. The van der Waals surface area contributed by atoms with Gasteiger partial charge in [-0.2, -0.15) is 18.3 Å². The van der Waals surface area contributed by atoms with Gasteiger partial charge in [0.25, 0.3) is 5.91 Å².